The number of ether oxygens (including phenoxy) is 2. The number of carbonyl (C=O) groups excluding carboxylic acids is 1. The Labute approximate surface area is 201 Å². The molecule has 1 N–H and O–H groups in total. The van der Waals surface area contributed by atoms with Crippen LogP contribution in [0.25, 0.3) is 0 Å². The third-order valence-electron chi connectivity index (χ3n) is 9.30. The van der Waals surface area contributed by atoms with E-state index < -0.39 is 12.2 Å². The molecular formula is C29H33NO4. The Morgan fingerprint density at radius 1 is 1.18 bits per heavy atom. The molecule has 3 fully saturated rings. The Morgan fingerprint density at radius 3 is 2.79 bits per heavy atom. The van der Waals surface area contributed by atoms with Crippen LogP contribution in [0.1, 0.15) is 61.8 Å². The van der Waals surface area contributed by atoms with E-state index in [4.69, 9.17) is 9.47 Å². The Morgan fingerprint density at radius 2 is 2.00 bits per heavy atom. The van der Waals surface area contributed by atoms with Gasteiger partial charge >= 0.3 is 0 Å². The van der Waals surface area contributed by atoms with Crippen LogP contribution < -0.4 is 9.47 Å². The molecule has 1 saturated heterocycles. The lowest BCUT2D eigenvalue weighted by Gasteiger charge is -2.57. The molecule has 2 aromatic carbocycles. The van der Waals surface area contributed by atoms with Crippen LogP contribution >= 0.6 is 0 Å². The fraction of sp³-hybridized carbons (Fsp3) is 0.552. The highest BCUT2D eigenvalue weighted by molar-refractivity contribution is 5.89. The number of aliphatic hydroxyl groups is 1. The van der Waals surface area contributed by atoms with Crippen LogP contribution in [0.4, 0.5) is 0 Å². The molecule has 5 aliphatic rings. The second-order valence-electron chi connectivity index (χ2n) is 11.2. The molecule has 0 radical (unpaired) electrons. The Bertz CT molecular complexity index is 1130. The maximum atomic E-state index is 13.2. The van der Waals surface area contributed by atoms with E-state index in [-0.39, 0.29) is 17.3 Å². The van der Waals surface area contributed by atoms with Gasteiger partial charge in [0, 0.05) is 30.0 Å². The highest BCUT2D eigenvalue weighted by Gasteiger charge is 2.66. The van der Waals surface area contributed by atoms with Crippen LogP contribution in [0, 0.1) is 11.8 Å². The number of likely N-dealkylation sites (tertiary alicyclic amines) is 1. The summed E-state index contributed by atoms with van der Waals surface area (Å²) in [6.07, 6.45) is 4.79. The molecule has 2 saturated carbocycles. The number of Topliss-reactive ketones (excluding diaryl/α,β-unsaturated/α-hetero) is 1. The summed E-state index contributed by atoms with van der Waals surface area (Å²) in [5.41, 5.74) is 3.21. The van der Waals surface area contributed by atoms with Gasteiger partial charge in [0.1, 0.15) is 12.2 Å². The normalized spacial score (nSPS) is 33.1. The van der Waals surface area contributed by atoms with Crippen LogP contribution in [0.15, 0.2) is 42.5 Å². The van der Waals surface area contributed by atoms with Gasteiger partial charge in [-0.1, -0.05) is 36.4 Å². The molecule has 6 atom stereocenters. The number of aliphatic hydroxyl groups excluding tert-OH is 1. The minimum Gasteiger partial charge on any atom is -0.484 e. The molecule has 2 aromatic rings. The smallest absolute Gasteiger partial charge is 0.174 e. The summed E-state index contributed by atoms with van der Waals surface area (Å²) in [6, 6.07) is 14.3. The van der Waals surface area contributed by atoms with Crippen molar-refractivity contribution in [1.29, 1.82) is 0 Å². The summed E-state index contributed by atoms with van der Waals surface area (Å²) in [6.45, 7) is 4.16. The van der Waals surface area contributed by atoms with Crippen molar-refractivity contribution in [1.82, 2.24) is 4.90 Å². The van der Waals surface area contributed by atoms with Gasteiger partial charge in [-0.25, -0.2) is 0 Å². The average molecular weight is 460 g/mol. The van der Waals surface area contributed by atoms with Crippen LogP contribution in [0.5, 0.6) is 11.5 Å². The first-order valence-electron chi connectivity index (χ1n) is 13.1. The van der Waals surface area contributed by atoms with E-state index in [9.17, 15) is 9.90 Å². The quantitative estimate of drug-likeness (QED) is 0.702. The topological polar surface area (TPSA) is 59.0 Å². The van der Waals surface area contributed by atoms with E-state index in [2.05, 4.69) is 11.0 Å². The summed E-state index contributed by atoms with van der Waals surface area (Å²) in [7, 11) is 0. The van der Waals surface area contributed by atoms with Gasteiger partial charge in [-0.2, -0.15) is 0 Å². The fourth-order valence-electron chi connectivity index (χ4n) is 7.54. The van der Waals surface area contributed by atoms with Crippen molar-refractivity contribution in [2.75, 3.05) is 13.1 Å². The second kappa shape index (κ2) is 7.56. The van der Waals surface area contributed by atoms with Crippen molar-refractivity contribution in [3.05, 3.63) is 59.2 Å². The lowest BCUT2D eigenvalue weighted by Crippen LogP contribution is -2.66. The lowest BCUT2D eigenvalue weighted by atomic mass is 9.51. The number of piperidine rings is 1. The number of benzene rings is 2. The molecule has 3 aliphatic carbocycles. The Hall–Kier alpha value is -2.37. The van der Waals surface area contributed by atoms with Gasteiger partial charge in [0.15, 0.2) is 23.4 Å². The molecule has 2 bridgehead atoms. The maximum Gasteiger partial charge on any atom is 0.174 e. The van der Waals surface area contributed by atoms with Crippen molar-refractivity contribution in [3.63, 3.8) is 0 Å². The summed E-state index contributed by atoms with van der Waals surface area (Å²) in [5, 5.41) is 10.9. The van der Waals surface area contributed by atoms with Gasteiger partial charge in [-0.05, 0) is 74.6 Å². The van der Waals surface area contributed by atoms with Crippen LogP contribution in [-0.2, 0) is 16.6 Å². The van der Waals surface area contributed by atoms with Gasteiger partial charge < -0.3 is 14.6 Å². The summed E-state index contributed by atoms with van der Waals surface area (Å²) in [4.78, 5) is 15.9. The molecule has 0 aromatic heterocycles. The Balaban J connectivity index is 1.26. The molecule has 2 aliphatic heterocycles. The van der Waals surface area contributed by atoms with Gasteiger partial charge in [-0.3, -0.25) is 9.69 Å². The van der Waals surface area contributed by atoms with E-state index >= 15 is 0 Å². The van der Waals surface area contributed by atoms with E-state index in [1.54, 1.807) is 0 Å². The molecule has 178 valence electrons. The fourth-order valence-corrected chi connectivity index (χ4v) is 7.54. The first-order valence-corrected chi connectivity index (χ1v) is 13.1. The molecule has 3 unspecified atom stereocenters. The third kappa shape index (κ3) is 2.96. The number of carbonyl (C=O) groups is 1. The van der Waals surface area contributed by atoms with Crippen molar-refractivity contribution in [2.24, 2.45) is 11.8 Å². The van der Waals surface area contributed by atoms with Crippen LogP contribution in [0.3, 0.4) is 0 Å². The molecule has 7 rings (SSSR count). The molecule has 5 nitrogen and oxygen atoms in total. The van der Waals surface area contributed by atoms with Gasteiger partial charge in [0.2, 0.25) is 0 Å². The predicted molar refractivity (Wildman–Crippen MR) is 128 cm³/mol. The monoisotopic (exact) mass is 459 g/mol. The first kappa shape index (κ1) is 21.0. The largest absolute Gasteiger partial charge is 0.484 e. The van der Waals surface area contributed by atoms with Gasteiger partial charge in [-0.15, -0.1) is 0 Å². The molecule has 1 spiro atoms. The predicted octanol–water partition coefficient (Wildman–Crippen LogP) is 4.21. The molecule has 2 heterocycles. The number of ketones is 1. The molecule has 5 heteroatoms. The maximum absolute atomic E-state index is 13.2. The SMILES string of the molecule is CC(Oc1ccc2c3c1OC1C(=O)CC[C@H]4[C@@H](C2)N(CC2CC2)CC[C@]314)C(O)c1ccccc1. The zero-order valence-corrected chi connectivity index (χ0v) is 19.8. The standard InChI is InChI=1S/C29H33NO4/c1-17(26(32)19-5-3-2-4-6-19)33-24-12-9-20-15-22-21-10-11-23(31)28-29(21,25(20)27(24)34-28)13-14-30(22)16-18-7-8-18/h2-6,9,12,17-18,21-22,26,28,32H,7-8,10-11,13-16H2,1H3/t17?,21-,22+,26?,28?,29-/m0/s1. The summed E-state index contributed by atoms with van der Waals surface area (Å²) >= 11 is 0. The van der Waals surface area contributed by atoms with E-state index in [1.807, 2.05) is 43.3 Å². The van der Waals surface area contributed by atoms with E-state index in [1.165, 1.54) is 30.5 Å². The third-order valence-corrected chi connectivity index (χ3v) is 9.30. The zero-order valence-electron chi connectivity index (χ0n) is 19.8. The highest BCUT2D eigenvalue weighted by atomic mass is 16.5. The summed E-state index contributed by atoms with van der Waals surface area (Å²) < 4.78 is 12.9. The molecule has 34 heavy (non-hydrogen) atoms. The molecule has 0 amide bonds. The number of hydrogen-bond acceptors (Lipinski definition) is 5. The second-order valence-corrected chi connectivity index (χ2v) is 11.2. The van der Waals surface area contributed by atoms with Crippen molar-refractivity contribution >= 4 is 5.78 Å². The zero-order chi connectivity index (χ0) is 23.0. The number of nitrogens with zero attached hydrogens (tertiary/aromatic N) is 1. The highest BCUT2D eigenvalue weighted by Crippen LogP contribution is 2.63. The minimum absolute atomic E-state index is 0.205. The van der Waals surface area contributed by atoms with Crippen molar-refractivity contribution < 1.29 is 19.4 Å². The minimum atomic E-state index is -0.740. The van der Waals surface area contributed by atoms with Crippen molar-refractivity contribution in [3.8, 4) is 11.5 Å². The van der Waals surface area contributed by atoms with Crippen LogP contribution in [-0.4, -0.2) is 47.1 Å². The Kier molecular flexibility index (Phi) is 4.66. The number of hydrogen-bond donors (Lipinski definition) is 1. The van der Waals surface area contributed by atoms with E-state index in [0.717, 1.165) is 43.0 Å². The van der Waals surface area contributed by atoms with Crippen molar-refractivity contribution in [2.45, 2.75) is 75.2 Å². The van der Waals surface area contributed by atoms with E-state index in [0.29, 0.717) is 24.1 Å². The van der Waals surface area contributed by atoms with Gasteiger partial charge in [0.25, 0.3) is 0 Å². The van der Waals surface area contributed by atoms with Gasteiger partial charge in [0.05, 0.1) is 0 Å². The lowest BCUT2D eigenvalue weighted by molar-refractivity contribution is -0.138. The number of rotatable bonds is 6. The molecular weight excluding hydrogens is 426 g/mol. The van der Waals surface area contributed by atoms with Crippen LogP contribution in [0.2, 0.25) is 0 Å². The summed E-state index contributed by atoms with van der Waals surface area (Å²) in [5.74, 6) is 3.02. The first-order chi connectivity index (χ1) is 16.6. The average Bonchev–Trinajstić information content (AvgIpc) is 3.60.